The fourth-order valence-electron chi connectivity index (χ4n) is 3.19. The SMILES string of the molecule is Cc1ccc(O)c(C(CSc2nnnn2-c2ccccc2)=NNc2ccc([N+](=O)[O-])cc2[N+](=O)[O-])c1. The van der Waals surface area contributed by atoms with Crippen LogP contribution in [-0.2, 0) is 0 Å². The van der Waals surface area contributed by atoms with E-state index < -0.39 is 21.2 Å². The monoisotopic (exact) mass is 506 g/mol. The highest BCUT2D eigenvalue weighted by molar-refractivity contribution is 7.99. The third-order valence-electron chi connectivity index (χ3n) is 4.94. The van der Waals surface area contributed by atoms with Gasteiger partial charge in [-0.05, 0) is 47.7 Å². The number of hydrazone groups is 1. The fraction of sp³-hybridized carbons (Fsp3) is 0.0909. The lowest BCUT2D eigenvalue weighted by atomic mass is 10.1. The number of benzene rings is 3. The molecular formula is C22H18N8O5S. The van der Waals surface area contributed by atoms with E-state index in [9.17, 15) is 25.3 Å². The summed E-state index contributed by atoms with van der Waals surface area (Å²) in [5, 5.41) is 49.6. The highest BCUT2D eigenvalue weighted by Gasteiger charge is 2.20. The molecule has 0 radical (unpaired) electrons. The van der Waals surface area contributed by atoms with Gasteiger partial charge in [-0.3, -0.25) is 25.7 Å². The Kier molecular flexibility index (Phi) is 7.15. The van der Waals surface area contributed by atoms with Gasteiger partial charge in [0, 0.05) is 17.4 Å². The number of nitrogens with zero attached hydrogens (tertiary/aromatic N) is 7. The van der Waals surface area contributed by atoms with Crippen LogP contribution >= 0.6 is 11.8 Å². The smallest absolute Gasteiger partial charge is 0.301 e. The molecule has 0 aliphatic heterocycles. The predicted molar refractivity (Wildman–Crippen MR) is 133 cm³/mol. The molecule has 2 N–H and O–H groups in total. The minimum Gasteiger partial charge on any atom is -0.507 e. The number of aromatic nitrogens is 4. The van der Waals surface area contributed by atoms with Crippen LogP contribution in [0.1, 0.15) is 11.1 Å². The average Bonchev–Trinajstić information content (AvgIpc) is 3.35. The fourth-order valence-corrected chi connectivity index (χ4v) is 4.04. The molecule has 0 saturated heterocycles. The van der Waals surface area contributed by atoms with Crippen molar-refractivity contribution in [3.05, 3.63) is 98.1 Å². The van der Waals surface area contributed by atoms with E-state index in [1.54, 1.807) is 16.8 Å². The quantitative estimate of drug-likeness (QED) is 0.145. The zero-order chi connectivity index (χ0) is 25.7. The van der Waals surface area contributed by atoms with Crippen LogP contribution in [0.4, 0.5) is 17.1 Å². The Bertz CT molecular complexity index is 1460. The number of hydrogen-bond acceptors (Lipinski definition) is 11. The van der Waals surface area contributed by atoms with Crippen molar-refractivity contribution in [3.63, 3.8) is 0 Å². The number of nitro benzene ring substituents is 2. The normalized spacial score (nSPS) is 11.3. The molecular weight excluding hydrogens is 488 g/mol. The first-order chi connectivity index (χ1) is 17.3. The summed E-state index contributed by atoms with van der Waals surface area (Å²) in [6, 6.07) is 17.4. The number of para-hydroxylation sites is 1. The van der Waals surface area contributed by atoms with Crippen LogP contribution in [0.5, 0.6) is 5.75 Å². The predicted octanol–water partition coefficient (Wildman–Crippen LogP) is 4.10. The lowest BCUT2D eigenvalue weighted by Gasteiger charge is -2.11. The van der Waals surface area contributed by atoms with Crippen LogP contribution in [0, 0.1) is 27.2 Å². The van der Waals surface area contributed by atoms with Crippen LogP contribution < -0.4 is 5.43 Å². The van der Waals surface area contributed by atoms with Crippen molar-refractivity contribution in [1.29, 1.82) is 0 Å². The van der Waals surface area contributed by atoms with Gasteiger partial charge in [0.1, 0.15) is 11.4 Å². The number of thioether (sulfide) groups is 1. The number of hydrogen-bond donors (Lipinski definition) is 2. The van der Waals surface area contributed by atoms with E-state index in [4.69, 9.17) is 0 Å². The summed E-state index contributed by atoms with van der Waals surface area (Å²) in [7, 11) is 0. The zero-order valence-electron chi connectivity index (χ0n) is 18.7. The van der Waals surface area contributed by atoms with Crippen LogP contribution in [0.15, 0.2) is 77.0 Å². The number of aromatic hydroxyl groups is 1. The van der Waals surface area contributed by atoms with Gasteiger partial charge in [-0.25, -0.2) is 0 Å². The maximum Gasteiger partial charge on any atom is 0.301 e. The van der Waals surface area contributed by atoms with Gasteiger partial charge in [0.2, 0.25) is 5.16 Å². The third kappa shape index (κ3) is 5.44. The molecule has 0 unspecified atom stereocenters. The van der Waals surface area contributed by atoms with Crippen LogP contribution in [0.25, 0.3) is 5.69 Å². The van der Waals surface area contributed by atoms with Crippen molar-refractivity contribution in [2.24, 2.45) is 5.10 Å². The van der Waals surface area contributed by atoms with Crippen molar-refractivity contribution >= 4 is 34.5 Å². The molecule has 0 spiro atoms. The number of rotatable bonds is 9. The lowest BCUT2D eigenvalue weighted by Crippen LogP contribution is -2.10. The molecule has 13 nitrogen and oxygen atoms in total. The molecule has 1 heterocycles. The number of tetrazole rings is 1. The molecule has 1 aromatic heterocycles. The Morgan fingerprint density at radius 3 is 2.58 bits per heavy atom. The van der Waals surface area contributed by atoms with E-state index >= 15 is 0 Å². The number of phenolic OH excluding ortho intramolecular Hbond substituents is 1. The Hall–Kier alpha value is -4.85. The van der Waals surface area contributed by atoms with E-state index in [2.05, 4.69) is 26.1 Å². The second-order valence-corrected chi connectivity index (χ2v) is 8.35. The first-order valence-electron chi connectivity index (χ1n) is 10.4. The minimum atomic E-state index is -0.739. The second-order valence-electron chi connectivity index (χ2n) is 7.40. The maximum atomic E-state index is 11.5. The van der Waals surface area contributed by atoms with E-state index in [1.807, 2.05) is 37.3 Å². The van der Waals surface area contributed by atoms with Gasteiger partial charge in [-0.15, -0.1) is 5.10 Å². The van der Waals surface area contributed by atoms with Gasteiger partial charge in [0.05, 0.1) is 27.3 Å². The molecule has 4 aromatic rings. The molecule has 14 heteroatoms. The summed E-state index contributed by atoms with van der Waals surface area (Å²) in [5.41, 5.74) is 4.00. The summed E-state index contributed by atoms with van der Waals surface area (Å²) < 4.78 is 1.55. The van der Waals surface area contributed by atoms with Crippen molar-refractivity contribution in [1.82, 2.24) is 20.2 Å². The Morgan fingerprint density at radius 2 is 1.86 bits per heavy atom. The van der Waals surface area contributed by atoms with Crippen molar-refractivity contribution in [2.45, 2.75) is 12.1 Å². The van der Waals surface area contributed by atoms with Crippen LogP contribution in [0.3, 0.4) is 0 Å². The van der Waals surface area contributed by atoms with E-state index in [0.29, 0.717) is 16.4 Å². The number of phenols is 1. The molecule has 0 fully saturated rings. The summed E-state index contributed by atoms with van der Waals surface area (Å²) in [6.45, 7) is 1.85. The van der Waals surface area contributed by atoms with E-state index in [1.165, 1.54) is 23.9 Å². The standard InChI is InChI=1S/C22H18N8O5S/c1-14-7-10-21(31)17(11-14)19(13-36-22-25-26-27-28(22)15-5-3-2-4-6-15)24-23-18-9-8-16(29(32)33)12-20(18)30(34)35/h2-12,23,31H,13H2,1H3. The highest BCUT2D eigenvalue weighted by Crippen LogP contribution is 2.30. The highest BCUT2D eigenvalue weighted by atomic mass is 32.2. The maximum absolute atomic E-state index is 11.5. The van der Waals surface area contributed by atoms with Gasteiger partial charge in [0.15, 0.2) is 0 Å². The molecule has 36 heavy (non-hydrogen) atoms. The van der Waals surface area contributed by atoms with Crippen molar-refractivity contribution < 1.29 is 15.0 Å². The summed E-state index contributed by atoms with van der Waals surface area (Å²) in [6.07, 6.45) is 0. The first-order valence-corrected chi connectivity index (χ1v) is 11.3. The first kappa shape index (κ1) is 24.3. The summed E-state index contributed by atoms with van der Waals surface area (Å²) in [5.74, 6) is 0.139. The number of nitro groups is 2. The van der Waals surface area contributed by atoms with Gasteiger partial charge >= 0.3 is 5.69 Å². The van der Waals surface area contributed by atoms with Crippen molar-refractivity contribution in [3.8, 4) is 11.4 Å². The molecule has 0 amide bonds. The lowest BCUT2D eigenvalue weighted by molar-refractivity contribution is -0.393. The van der Waals surface area contributed by atoms with Crippen LogP contribution in [-0.4, -0.2) is 46.6 Å². The minimum absolute atomic E-state index is 0.0393. The third-order valence-corrected chi connectivity index (χ3v) is 5.87. The zero-order valence-corrected chi connectivity index (χ0v) is 19.5. The van der Waals surface area contributed by atoms with Gasteiger partial charge < -0.3 is 5.11 Å². The molecule has 0 aliphatic rings. The van der Waals surface area contributed by atoms with E-state index in [0.717, 1.165) is 23.4 Å². The van der Waals surface area contributed by atoms with Crippen molar-refractivity contribution in [2.75, 3.05) is 11.2 Å². The number of non-ortho nitro benzene ring substituents is 1. The van der Waals surface area contributed by atoms with E-state index in [-0.39, 0.29) is 17.2 Å². The largest absolute Gasteiger partial charge is 0.507 e. The van der Waals surface area contributed by atoms with Crippen LogP contribution in [0.2, 0.25) is 0 Å². The summed E-state index contributed by atoms with van der Waals surface area (Å²) in [4.78, 5) is 21.1. The molecule has 4 rings (SSSR count). The Morgan fingerprint density at radius 1 is 1.08 bits per heavy atom. The number of anilines is 1. The number of nitrogens with one attached hydrogen (secondary N) is 1. The average molecular weight is 507 g/mol. The van der Waals surface area contributed by atoms with Gasteiger partial charge in [-0.1, -0.05) is 41.6 Å². The Balaban J connectivity index is 1.67. The topological polar surface area (TPSA) is 174 Å². The Labute approximate surface area is 207 Å². The molecule has 182 valence electrons. The molecule has 0 atom stereocenters. The molecule has 0 saturated carbocycles. The molecule has 0 aliphatic carbocycles. The number of aryl methyl sites for hydroxylation is 1. The molecule has 0 bridgehead atoms. The van der Waals surface area contributed by atoms with Gasteiger partial charge in [0.25, 0.3) is 5.69 Å². The second kappa shape index (κ2) is 10.6. The summed E-state index contributed by atoms with van der Waals surface area (Å²) >= 11 is 1.24. The molecule has 3 aromatic carbocycles. The van der Waals surface area contributed by atoms with Gasteiger partial charge in [-0.2, -0.15) is 9.78 Å².